The van der Waals surface area contributed by atoms with Gasteiger partial charge in [-0.15, -0.1) is 0 Å². The van der Waals surface area contributed by atoms with Crippen LogP contribution in [0.5, 0.6) is 0 Å². The third-order valence-electron chi connectivity index (χ3n) is 2.82. The first kappa shape index (κ1) is 5.52. The Morgan fingerprint density at radius 1 is 1.56 bits per heavy atom. The molecular weight excluding hydrogens is 108 g/mol. The van der Waals surface area contributed by atoms with E-state index in [1.165, 1.54) is 25.7 Å². The molecule has 0 heterocycles. The summed E-state index contributed by atoms with van der Waals surface area (Å²) in [6.07, 6.45) is 10.6. The van der Waals surface area contributed by atoms with Crippen molar-refractivity contribution in [1.29, 1.82) is 0 Å². The summed E-state index contributed by atoms with van der Waals surface area (Å²) in [5.41, 5.74) is 0.614. The van der Waals surface area contributed by atoms with Crippen molar-refractivity contribution in [2.75, 3.05) is 0 Å². The van der Waals surface area contributed by atoms with E-state index < -0.39 is 0 Å². The fourth-order valence-electron chi connectivity index (χ4n) is 2.26. The van der Waals surface area contributed by atoms with Gasteiger partial charge >= 0.3 is 0 Å². The third kappa shape index (κ3) is 0.810. The van der Waals surface area contributed by atoms with Crippen LogP contribution in [0.15, 0.2) is 12.2 Å². The lowest BCUT2D eigenvalue weighted by Crippen LogP contribution is -2.16. The Hall–Kier alpha value is -0.260. The molecular formula is C9H14. The Labute approximate surface area is 57.0 Å². The molecule has 0 aliphatic heterocycles. The van der Waals surface area contributed by atoms with Gasteiger partial charge in [-0.1, -0.05) is 25.5 Å². The Bertz CT molecular complexity index is 146. The normalized spacial score (nSPS) is 47.9. The van der Waals surface area contributed by atoms with Crippen molar-refractivity contribution in [3.63, 3.8) is 0 Å². The number of hydrogen-bond donors (Lipinski definition) is 0. The molecule has 0 saturated heterocycles. The fourth-order valence-corrected chi connectivity index (χ4v) is 2.26. The molecule has 2 atom stereocenters. The summed E-state index contributed by atoms with van der Waals surface area (Å²) in [5.74, 6) is 0.948. The molecule has 0 aromatic heterocycles. The van der Waals surface area contributed by atoms with Crippen LogP contribution in [-0.2, 0) is 0 Å². The Morgan fingerprint density at radius 3 is 3.11 bits per heavy atom. The highest BCUT2D eigenvalue weighted by Gasteiger charge is 2.32. The molecule has 0 N–H and O–H groups in total. The first-order valence-corrected chi connectivity index (χ1v) is 3.98. The van der Waals surface area contributed by atoms with E-state index in [1.54, 1.807) is 0 Å². The van der Waals surface area contributed by atoms with Gasteiger partial charge in [0.25, 0.3) is 0 Å². The third-order valence-corrected chi connectivity index (χ3v) is 2.82. The molecule has 0 aromatic carbocycles. The van der Waals surface area contributed by atoms with Gasteiger partial charge in [0, 0.05) is 0 Å². The highest BCUT2D eigenvalue weighted by molar-refractivity contribution is 5.11. The largest absolute Gasteiger partial charge is 0.0848 e. The van der Waals surface area contributed by atoms with Crippen molar-refractivity contribution < 1.29 is 0 Å². The zero-order valence-corrected chi connectivity index (χ0v) is 6.06. The molecule has 0 spiro atoms. The topological polar surface area (TPSA) is 0 Å². The smallest absolute Gasteiger partial charge is 0.0141 e. The fraction of sp³-hybridized carbons (Fsp3) is 0.778. The van der Waals surface area contributed by atoms with E-state index in [2.05, 4.69) is 19.1 Å². The van der Waals surface area contributed by atoms with E-state index in [0.29, 0.717) is 5.41 Å². The molecule has 1 saturated carbocycles. The SMILES string of the molecule is CC12C=CC(CCC1)C2. The summed E-state index contributed by atoms with van der Waals surface area (Å²) in [4.78, 5) is 0. The van der Waals surface area contributed by atoms with Crippen LogP contribution < -0.4 is 0 Å². The number of hydrogen-bond acceptors (Lipinski definition) is 0. The molecule has 0 heteroatoms. The van der Waals surface area contributed by atoms with Gasteiger partial charge < -0.3 is 0 Å². The van der Waals surface area contributed by atoms with Gasteiger partial charge in [-0.05, 0) is 30.6 Å². The van der Waals surface area contributed by atoms with Crippen LogP contribution >= 0.6 is 0 Å². The molecule has 2 bridgehead atoms. The highest BCUT2D eigenvalue weighted by Crippen LogP contribution is 2.45. The van der Waals surface area contributed by atoms with Crippen LogP contribution in [0.3, 0.4) is 0 Å². The van der Waals surface area contributed by atoms with Gasteiger partial charge in [-0.2, -0.15) is 0 Å². The lowest BCUT2D eigenvalue weighted by Gasteiger charge is -2.28. The van der Waals surface area contributed by atoms with Crippen LogP contribution in [-0.4, -0.2) is 0 Å². The summed E-state index contributed by atoms with van der Waals surface area (Å²) in [6, 6.07) is 0. The lowest BCUT2D eigenvalue weighted by molar-refractivity contribution is 0.270. The maximum Gasteiger partial charge on any atom is -0.0141 e. The minimum atomic E-state index is 0.614. The lowest BCUT2D eigenvalue weighted by atomic mass is 9.77. The van der Waals surface area contributed by atoms with Crippen molar-refractivity contribution >= 4 is 0 Å². The van der Waals surface area contributed by atoms with E-state index in [0.717, 1.165) is 5.92 Å². The van der Waals surface area contributed by atoms with Gasteiger partial charge in [0.1, 0.15) is 0 Å². The molecule has 2 aliphatic rings. The average molecular weight is 122 g/mol. The molecule has 2 unspecified atom stereocenters. The van der Waals surface area contributed by atoms with E-state index in [-0.39, 0.29) is 0 Å². The molecule has 0 nitrogen and oxygen atoms in total. The maximum atomic E-state index is 2.44. The Kier molecular flexibility index (Phi) is 0.992. The van der Waals surface area contributed by atoms with E-state index in [9.17, 15) is 0 Å². The first-order valence-electron chi connectivity index (χ1n) is 3.98. The van der Waals surface area contributed by atoms with Crippen molar-refractivity contribution in [1.82, 2.24) is 0 Å². The van der Waals surface area contributed by atoms with Crippen LogP contribution in [0, 0.1) is 11.3 Å². The molecule has 2 rings (SSSR count). The molecule has 0 amide bonds. The number of fused-ring (bicyclic) bond motifs is 2. The summed E-state index contributed by atoms with van der Waals surface area (Å²) < 4.78 is 0. The van der Waals surface area contributed by atoms with Gasteiger partial charge in [0.05, 0.1) is 0 Å². The predicted octanol–water partition coefficient (Wildman–Crippen LogP) is 2.75. The summed E-state index contributed by atoms with van der Waals surface area (Å²) >= 11 is 0. The van der Waals surface area contributed by atoms with Crippen molar-refractivity contribution in [2.24, 2.45) is 11.3 Å². The van der Waals surface area contributed by atoms with Crippen LogP contribution in [0.1, 0.15) is 32.6 Å². The summed E-state index contributed by atoms with van der Waals surface area (Å²) in [7, 11) is 0. The van der Waals surface area contributed by atoms with Gasteiger partial charge in [0.2, 0.25) is 0 Å². The van der Waals surface area contributed by atoms with E-state index in [1.807, 2.05) is 0 Å². The second kappa shape index (κ2) is 1.62. The summed E-state index contributed by atoms with van der Waals surface area (Å²) in [5, 5.41) is 0. The molecule has 2 aliphatic carbocycles. The summed E-state index contributed by atoms with van der Waals surface area (Å²) in [6.45, 7) is 2.39. The Balaban J connectivity index is 2.22. The van der Waals surface area contributed by atoms with Crippen LogP contribution in [0.4, 0.5) is 0 Å². The standard InChI is InChI=1S/C9H14/c1-9-5-2-3-8(7-9)4-6-9/h4,6,8H,2-3,5,7H2,1H3. The number of rotatable bonds is 0. The minimum absolute atomic E-state index is 0.614. The van der Waals surface area contributed by atoms with E-state index >= 15 is 0 Å². The Morgan fingerprint density at radius 2 is 2.44 bits per heavy atom. The zero-order chi connectivity index (χ0) is 6.32. The highest BCUT2D eigenvalue weighted by atomic mass is 14.4. The quantitative estimate of drug-likeness (QED) is 0.433. The van der Waals surface area contributed by atoms with Gasteiger partial charge in [-0.25, -0.2) is 0 Å². The molecule has 50 valence electrons. The first-order chi connectivity index (χ1) is 4.29. The molecule has 1 fully saturated rings. The zero-order valence-electron chi connectivity index (χ0n) is 6.06. The molecule has 0 radical (unpaired) electrons. The minimum Gasteiger partial charge on any atom is -0.0848 e. The van der Waals surface area contributed by atoms with Gasteiger partial charge in [0.15, 0.2) is 0 Å². The van der Waals surface area contributed by atoms with Crippen molar-refractivity contribution in [3.05, 3.63) is 12.2 Å². The van der Waals surface area contributed by atoms with Gasteiger partial charge in [-0.3, -0.25) is 0 Å². The second-order valence-corrected chi connectivity index (χ2v) is 3.87. The van der Waals surface area contributed by atoms with Crippen LogP contribution in [0.2, 0.25) is 0 Å². The molecule has 0 aromatic rings. The second-order valence-electron chi connectivity index (χ2n) is 3.87. The maximum absolute atomic E-state index is 2.44. The van der Waals surface area contributed by atoms with Crippen molar-refractivity contribution in [2.45, 2.75) is 32.6 Å². The van der Waals surface area contributed by atoms with Crippen molar-refractivity contribution in [3.8, 4) is 0 Å². The number of allylic oxidation sites excluding steroid dienone is 2. The van der Waals surface area contributed by atoms with E-state index in [4.69, 9.17) is 0 Å². The monoisotopic (exact) mass is 122 g/mol. The predicted molar refractivity (Wildman–Crippen MR) is 39.2 cm³/mol. The average Bonchev–Trinajstić information content (AvgIpc) is 2.07. The molecule has 9 heavy (non-hydrogen) atoms. The van der Waals surface area contributed by atoms with Crippen LogP contribution in [0.25, 0.3) is 0 Å².